The number of rotatable bonds is 4. The number of primary sulfonamides is 1. The molecule has 1 aliphatic rings. The van der Waals surface area contributed by atoms with Crippen molar-refractivity contribution in [2.24, 2.45) is 5.14 Å². The van der Waals surface area contributed by atoms with Crippen LogP contribution in [-0.4, -0.2) is 44.4 Å². The van der Waals surface area contributed by atoms with Crippen molar-refractivity contribution in [1.29, 1.82) is 0 Å². The van der Waals surface area contributed by atoms with E-state index in [1.165, 1.54) is 19.1 Å². The van der Waals surface area contributed by atoms with Crippen molar-refractivity contribution in [3.05, 3.63) is 28.8 Å². The van der Waals surface area contributed by atoms with E-state index < -0.39 is 22.1 Å². The Morgan fingerprint density at radius 2 is 1.80 bits per heavy atom. The molecule has 2 rings (SSSR count). The van der Waals surface area contributed by atoms with Crippen molar-refractivity contribution in [3.63, 3.8) is 0 Å². The van der Waals surface area contributed by atoms with Crippen molar-refractivity contribution in [1.82, 2.24) is 4.90 Å². The lowest BCUT2D eigenvalue weighted by molar-refractivity contribution is -0.139. The quantitative estimate of drug-likeness (QED) is 0.793. The molecule has 0 radical (unpaired) electrons. The molecule has 2 N–H and O–H groups in total. The highest BCUT2D eigenvalue weighted by Gasteiger charge is 2.25. The second-order valence-corrected chi connectivity index (χ2v) is 7.91. The first kappa shape index (κ1) is 19.7. The number of halogens is 1. The van der Waals surface area contributed by atoms with Gasteiger partial charge in [-0.3, -0.25) is 4.79 Å². The maximum Gasteiger partial charge on any atom is 0.338 e. The smallest absolute Gasteiger partial charge is 0.338 e. The largest absolute Gasteiger partial charge is 0.449 e. The Hall–Kier alpha value is -1.64. The number of hydrogen-bond donors (Lipinski definition) is 1. The summed E-state index contributed by atoms with van der Waals surface area (Å²) in [5.41, 5.74) is -0.0380. The molecule has 1 amide bonds. The number of hydrogen-bond acceptors (Lipinski definition) is 5. The minimum atomic E-state index is -4.07. The summed E-state index contributed by atoms with van der Waals surface area (Å²) in [6.07, 6.45) is 3.07. The molecular weight excluding hydrogens is 368 g/mol. The number of carbonyl (C=O) groups is 2. The molecule has 1 aromatic carbocycles. The predicted molar refractivity (Wildman–Crippen MR) is 92.8 cm³/mol. The zero-order valence-corrected chi connectivity index (χ0v) is 15.5. The third-order valence-electron chi connectivity index (χ3n) is 4.02. The van der Waals surface area contributed by atoms with Crippen molar-refractivity contribution in [2.75, 3.05) is 13.1 Å². The summed E-state index contributed by atoms with van der Waals surface area (Å²) in [6, 6.07) is 3.62. The summed E-state index contributed by atoms with van der Waals surface area (Å²) in [4.78, 5) is 26.0. The zero-order valence-electron chi connectivity index (χ0n) is 13.9. The monoisotopic (exact) mass is 388 g/mol. The summed E-state index contributed by atoms with van der Waals surface area (Å²) < 4.78 is 28.1. The lowest BCUT2D eigenvalue weighted by atomic mass is 10.2. The Balaban J connectivity index is 2.09. The number of nitrogens with two attached hydrogens (primary N) is 1. The summed E-state index contributed by atoms with van der Waals surface area (Å²) in [5, 5.41) is 4.97. The van der Waals surface area contributed by atoms with Gasteiger partial charge in [-0.05, 0) is 38.0 Å². The standard InChI is InChI=1S/C16H21ClN2O5S/c1-11(15(20)19-8-4-2-3-5-9-19)24-16(21)12-6-7-13(17)14(10-12)25(18,22)23/h6-7,10-11H,2-5,8-9H2,1H3,(H2,18,22,23). The first-order valence-electron chi connectivity index (χ1n) is 8.02. The summed E-state index contributed by atoms with van der Waals surface area (Å²) in [5.74, 6) is -1.06. The third-order valence-corrected chi connectivity index (χ3v) is 5.42. The van der Waals surface area contributed by atoms with Gasteiger partial charge in [0.25, 0.3) is 5.91 Å². The molecule has 0 bridgehead atoms. The normalized spacial score (nSPS) is 16.8. The van der Waals surface area contributed by atoms with Gasteiger partial charge < -0.3 is 9.64 Å². The molecule has 0 saturated carbocycles. The van der Waals surface area contributed by atoms with Crippen LogP contribution >= 0.6 is 11.6 Å². The SMILES string of the molecule is CC(OC(=O)c1ccc(Cl)c(S(N)(=O)=O)c1)C(=O)N1CCCCCC1. The van der Waals surface area contributed by atoms with Crippen LogP contribution in [0.5, 0.6) is 0 Å². The van der Waals surface area contributed by atoms with E-state index in [1.807, 2.05) is 0 Å². The topological polar surface area (TPSA) is 107 Å². The Bertz CT molecular complexity index is 758. The van der Waals surface area contributed by atoms with E-state index in [9.17, 15) is 18.0 Å². The van der Waals surface area contributed by atoms with Crippen LogP contribution in [0.1, 0.15) is 43.0 Å². The van der Waals surface area contributed by atoms with Crippen molar-refractivity contribution in [2.45, 2.75) is 43.6 Å². The van der Waals surface area contributed by atoms with Gasteiger partial charge in [0.2, 0.25) is 10.0 Å². The van der Waals surface area contributed by atoms with Gasteiger partial charge in [0.1, 0.15) is 4.90 Å². The van der Waals surface area contributed by atoms with Gasteiger partial charge in [-0.15, -0.1) is 0 Å². The lowest BCUT2D eigenvalue weighted by Crippen LogP contribution is -2.40. The van der Waals surface area contributed by atoms with E-state index in [0.29, 0.717) is 13.1 Å². The van der Waals surface area contributed by atoms with Crippen LogP contribution < -0.4 is 5.14 Å². The van der Waals surface area contributed by atoms with E-state index in [4.69, 9.17) is 21.5 Å². The molecule has 0 aliphatic carbocycles. The summed E-state index contributed by atoms with van der Waals surface area (Å²) in [6.45, 7) is 2.80. The maximum absolute atomic E-state index is 12.4. The Morgan fingerprint density at radius 3 is 2.36 bits per heavy atom. The predicted octanol–water partition coefficient (Wildman–Crippen LogP) is 1.94. The minimum Gasteiger partial charge on any atom is -0.449 e. The first-order chi connectivity index (χ1) is 11.7. The molecule has 9 heteroatoms. The van der Waals surface area contributed by atoms with E-state index in [1.54, 1.807) is 4.90 Å². The zero-order chi connectivity index (χ0) is 18.6. The third kappa shape index (κ3) is 5.17. The first-order valence-corrected chi connectivity index (χ1v) is 9.94. The molecule has 1 aliphatic heterocycles. The second kappa shape index (κ2) is 8.16. The highest BCUT2D eigenvalue weighted by atomic mass is 35.5. The van der Waals surface area contributed by atoms with Crippen LogP contribution in [0.15, 0.2) is 23.1 Å². The molecule has 1 saturated heterocycles. The molecule has 7 nitrogen and oxygen atoms in total. The molecule has 25 heavy (non-hydrogen) atoms. The summed E-state index contributed by atoms with van der Waals surface area (Å²) in [7, 11) is -4.07. The highest BCUT2D eigenvalue weighted by molar-refractivity contribution is 7.89. The fourth-order valence-electron chi connectivity index (χ4n) is 2.68. The Morgan fingerprint density at radius 1 is 1.20 bits per heavy atom. The van der Waals surface area contributed by atoms with Gasteiger partial charge in [-0.2, -0.15) is 0 Å². The molecule has 138 valence electrons. The molecule has 0 aromatic heterocycles. The molecule has 1 unspecified atom stereocenters. The van der Waals surface area contributed by atoms with E-state index >= 15 is 0 Å². The van der Waals surface area contributed by atoms with Gasteiger partial charge in [0, 0.05) is 13.1 Å². The number of likely N-dealkylation sites (tertiary alicyclic amines) is 1. The van der Waals surface area contributed by atoms with Crippen LogP contribution in [0.3, 0.4) is 0 Å². The van der Waals surface area contributed by atoms with Crippen LogP contribution in [0.2, 0.25) is 5.02 Å². The number of benzene rings is 1. The van der Waals surface area contributed by atoms with Gasteiger partial charge in [-0.1, -0.05) is 24.4 Å². The molecule has 1 heterocycles. The van der Waals surface area contributed by atoms with Crippen molar-refractivity contribution >= 4 is 33.5 Å². The highest BCUT2D eigenvalue weighted by Crippen LogP contribution is 2.22. The number of esters is 1. The number of nitrogens with zero attached hydrogens (tertiary/aromatic N) is 1. The average molecular weight is 389 g/mol. The fraction of sp³-hybridized carbons (Fsp3) is 0.500. The minimum absolute atomic E-state index is 0.0380. The summed E-state index contributed by atoms with van der Waals surface area (Å²) >= 11 is 5.79. The van der Waals surface area contributed by atoms with E-state index in [0.717, 1.165) is 31.7 Å². The maximum atomic E-state index is 12.4. The number of amides is 1. The molecule has 1 fully saturated rings. The van der Waals surface area contributed by atoms with E-state index in [2.05, 4.69) is 0 Å². The van der Waals surface area contributed by atoms with Crippen molar-refractivity contribution in [3.8, 4) is 0 Å². The van der Waals surface area contributed by atoms with Gasteiger partial charge >= 0.3 is 5.97 Å². The van der Waals surface area contributed by atoms with E-state index in [-0.39, 0.29) is 21.4 Å². The van der Waals surface area contributed by atoms with Crippen LogP contribution in [0.25, 0.3) is 0 Å². The van der Waals surface area contributed by atoms with Gasteiger partial charge in [0.15, 0.2) is 6.10 Å². The molecular formula is C16H21ClN2O5S. The molecule has 0 spiro atoms. The fourth-order valence-corrected chi connectivity index (χ4v) is 3.75. The number of sulfonamides is 1. The second-order valence-electron chi connectivity index (χ2n) is 5.98. The Labute approximate surface area is 152 Å². The van der Waals surface area contributed by atoms with Crippen LogP contribution in [0.4, 0.5) is 0 Å². The number of ether oxygens (including phenoxy) is 1. The number of carbonyl (C=O) groups excluding carboxylic acids is 2. The average Bonchev–Trinajstić information content (AvgIpc) is 2.82. The van der Waals surface area contributed by atoms with Crippen LogP contribution in [-0.2, 0) is 19.6 Å². The van der Waals surface area contributed by atoms with Gasteiger partial charge in [-0.25, -0.2) is 18.4 Å². The lowest BCUT2D eigenvalue weighted by Gasteiger charge is -2.24. The molecule has 1 aromatic rings. The van der Waals surface area contributed by atoms with Gasteiger partial charge in [0.05, 0.1) is 10.6 Å². The van der Waals surface area contributed by atoms with Crippen molar-refractivity contribution < 1.29 is 22.7 Å². The Kier molecular flexibility index (Phi) is 6.42. The molecule has 1 atom stereocenters. The van der Waals surface area contributed by atoms with Crippen LogP contribution in [0, 0.1) is 0 Å².